The molecule has 1 rings (SSSR count). The topological polar surface area (TPSA) is 29.3 Å². The Balaban J connectivity index is 2.77. The van der Waals surface area contributed by atoms with Crippen molar-refractivity contribution in [2.24, 2.45) is 5.73 Å². The maximum atomic E-state index is 6.01. The van der Waals surface area contributed by atoms with Crippen molar-refractivity contribution in [3.63, 3.8) is 0 Å². The Hall–Kier alpha value is -0.860. The van der Waals surface area contributed by atoms with E-state index in [1.54, 1.807) is 0 Å². The molecular formula is C17H30N2. The number of aryl methyl sites for hydroxylation is 2. The number of nitrogens with zero attached hydrogens (tertiary/aromatic N) is 1. The first-order valence-corrected chi connectivity index (χ1v) is 7.61. The summed E-state index contributed by atoms with van der Waals surface area (Å²) >= 11 is 0. The van der Waals surface area contributed by atoms with Crippen LogP contribution in [0.5, 0.6) is 0 Å². The first-order chi connectivity index (χ1) is 9.12. The smallest absolute Gasteiger partial charge is 0.00889 e. The largest absolute Gasteiger partial charge is 0.330 e. The first-order valence-electron chi connectivity index (χ1n) is 7.61. The van der Waals surface area contributed by atoms with Gasteiger partial charge < -0.3 is 10.6 Å². The van der Waals surface area contributed by atoms with Crippen LogP contribution in [0.25, 0.3) is 0 Å². The quantitative estimate of drug-likeness (QED) is 0.777. The highest BCUT2D eigenvalue weighted by Gasteiger charge is 2.14. The third kappa shape index (κ3) is 4.96. The van der Waals surface area contributed by atoms with Crippen LogP contribution in [0.4, 0.5) is 0 Å². The van der Waals surface area contributed by atoms with Gasteiger partial charge in [0.15, 0.2) is 0 Å². The summed E-state index contributed by atoms with van der Waals surface area (Å²) in [6, 6.07) is 6.77. The van der Waals surface area contributed by atoms with Crippen LogP contribution in [0.1, 0.15) is 49.3 Å². The molecule has 0 aliphatic rings. The first kappa shape index (κ1) is 16.2. The molecule has 1 aromatic carbocycles. The van der Waals surface area contributed by atoms with Gasteiger partial charge in [-0.25, -0.2) is 0 Å². The molecule has 0 saturated carbocycles. The highest BCUT2D eigenvalue weighted by molar-refractivity contribution is 5.32. The molecule has 0 saturated heterocycles. The molecule has 19 heavy (non-hydrogen) atoms. The van der Waals surface area contributed by atoms with Gasteiger partial charge in [-0.15, -0.1) is 0 Å². The molecule has 0 amide bonds. The van der Waals surface area contributed by atoms with Gasteiger partial charge in [-0.05, 0) is 56.5 Å². The Kier molecular flexibility index (Phi) is 7.11. The van der Waals surface area contributed by atoms with E-state index >= 15 is 0 Å². The Morgan fingerprint density at radius 1 is 1.05 bits per heavy atom. The van der Waals surface area contributed by atoms with Gasteiger partial charge in [0.2, 0.25) is 0 Å². The summed E-state index contributed by atoms with van der Waals surface area (Å²) < 4.78 is 0. The standard InChI is InChI=1S/C17H30N2/c1-5-9-19(10-6-2)13-17(12-18)16-8-7-14(3)15(4)11-16/h7-8,11,17H,5-6,9-10,12-13,18H2,1-4H3. The van der Waals surface area contributed by atoms with Gasteiger partial charge in [0, 0.05) is 19.0 Å². The van der Waals surface area contributed by atoms with Crippen LogP contribution in [0, 0.1) is 13.8 Å². The lowest BCUT2D eigenvalue weighted by molar-refractivity contribution is 0.258. The molecule has 0 heterocycles. The maximum Gasteiger partial charge on any atom is 0.00889 e. The lowest BCUT2D eigenvalue weighted by atomic mass is 9.95. The Labute approximate surface area is 119 Å². The summed E-state index contributed by atoms with van der Waals surface area (Å²) in [5, 5.41) is 0. The molecule has 0 aliphatic heterocycles. The summed E-state index contributed by atoms with van der Waals surface area (Å²) in [6.45, 7) is 13.0. The summed E-state index contributed by atoms with van der Waals surface area (Å²) in [5.74, 6) is 0.456. The van der Waals surface area contributed by atoms with Crippen LogP contribution < -0.4 is 5.73 Å². The van der Waals surface area contributed by atoms with Crippen molar-refractivity contribution < 1.29 is 0 Å². The van der Waals surface area contributed by atoms with E-state index < -0.39 is 0 Å². The molecule has 2 N–H and O–H groups in total. The Morgan fingerprint density at radius 2 is 1.68 bits per heavy atom. The lowest BCUT2D eigenvalue weighted by Gasteiger charge is -2.27. The predicted octanol–water partition coefficient (Wildman–Crippen LogP) is 3.47. The normalized spacial score (nSPS) is 12.9. The van der Waals surface area contributed by atoms with Crippen LogP contribution in [-0.2, 0) is 0 Å². The molecule has 0 fully saturated rings. The zero-order valence-corrected chi connectivity index (χ0v) is 13.1. The highest BCUT2D eigenvalue weighted by Crippen LogP contribution is 2.20. The van der Waals surface area contributed by atoms with Crippen LogP contribution in [0.15, 0.2) is 18.2 Å². The van der Waals surface area contributed by atoms with Crippen molar-refractivity contribution in [2.75, 3.05) is 26.2 Å². The van der Waals surface area contributed by atoms with Crippen molar-refractivity contribution >= 4 is 0 Å². The average Bonchev–Trinajstić information content (AvgIpc) is 2.39. The summed E-state index contributed by atoms with van der Waals surface area (Å²) in [5.41, 5.74) is 10.1. The number of hydrogen-bond donors (Lipinski definition) is 1. The summed E-state index contributed by atoms with van der Waals surface area (Å²) in [4.78, 5) is 2.55. The second-order valence-corrected chi connectivity index (χ2v) is 5.58. The molecule has 0 aliphatic carbocycles. The Morgan fingerprint density at radius 3 is 2.16 bits per heavy atom. The van der Waals surface area contributed by atoms with Crippen molar-refractivity contribution in [2.45, 2.75) is 46.5 Å². The summed E-state index contributed by atoms with van der Waals surface area (Å²) in [6.07, 6.45) is 2.43. The molecule has 1 aromatic rings. The molecule has 2 heteroatoms. The van der Waals surface area contributed by atoms with Gasteiger partial charge in [0.05, 0.1) is 0 Å². The van der Waals surface area contributed by atoms with Crippen molar-refractivity contribution in [1.82, 2.24) is 4.90 Å². The molecular weight excluding hydrogens is 232 g/mol. The van der Waals surface area contributed by atoms with Crippen molar-refractivity contribution in [1.29, 1.82) is 0 Å². The molecule has 1 unspecified atom stereocenters. The molecule has 1 atom stereocenters. The maximum absolute atomic E-state index is 6.01. The minimum atomic E-state index is 0.456. The molecule has 0 aromatic heterocycles. The van der Waals surface area contributed by atoms with E-state index in [0.717, 1.165) is 13.1 Å². The van der Waals surface area contributed by atoms with Crippen LogP contribution >= 0.6 is 0 Å². The van der Waals surface area contributed by atoms with Gasteiger partial charge in [0.1, 0.15) is 0 Å². The van der Waals surface area contributed by atoms with E-state index in [2.05, 4.69) is 50.8 Å². The van der Waals surface area contributed by atoms with Crippen molar-refractivity contribution in [3.05, 3.63) is 34.9 Å². The molecule has 2 nitrogen and oxygen atoms in total. The fraction of sp³-hybridized carbons (Fsp3) is 0.647. The molecule has 0 radical (unpaired) electrons. The SMILES string of the molecule is CCCN(CCC)CC(CN)c1ccc(C)c(C)c1. The van der Waals surface area contributed by atoms with E-state index in [9.17, 15) is 0 Å². The van der Waals surface area contributed by atoms with Gasteiger partial charge in [0.25, 0.3) is 0 Å². The second-order valence-electron chi connectivity index (χ2n) is 5.58. The Bertz CT molecular complexity index is 368. The minimum Gasteiger partial charge on any atom is -0.330 e. The predicted molar refractivity (Wildman–Crippen MR) is 84.7 cm³/mol. The fourth-order valence-corrected chi connectivity index (χ4v) is 2.57. The lowest BCUT2D eigenvalue weighted by Crippen LogP contribution is -2.33. The van der Waals surface area contributed by atoms with Gasteiger partial charge in [-0.2, -0.15) is 0 Å². The van der Waals surface area contributed by atoms with Crippen LogP contribution in [0.2, 0.25) is 0 Å². The third-order valence-electron chi connectivity index (χ3n) is 3.85. The number of rotatable bonds is 8. The van der Waals surface area contributed by atoms with Gasteiger partial charge in [-0.1, -0.05) is 32.0 Å². The monoisotopic (exact) mass is 262 g/mol. The van der Waals surface area contributed by atoms with Crippen LogP contribution in [0.3, 0.4) is 0 Å². The van der Waals surface area contributed by atoms with Gasteiger partial charge in [-0.3, -0.25) is 0 Å². The second kappa shape index (κ2) is 8.34. The molecule has 0 spiro atoms. The van der Waals surface area contributed by atoms with Gasteiger partial charge >= 0.3 is 0 Å². The van der Waals surface area contributed by atoms with E-state index in [1.165, 1.54) is 42.6 Å². The minimum absolute atomic E-state index is 0.456. The van der Waals surface area contributed by atoms with E-state index in [1.807, 2.05) is 0 Å². The number of nitrogens with two attached hydrogens (primary N) is 1. The third-order valence-corrected chi connectivity index (χ3v) is 3.85. The van der Waals surface area contributed by atoms with E-state index in [-0.39, 0.29) is 0 Å². The molecule has 108 valence electrons. The fourth-order valence-electron chi connectivity index (χ4n) is 2.57. The zero-order chi connectivity index (χ0) is 14.3. The van der Waals surface area contributed by atoms with Crippen LogP contribution in [-0.4, -0.2) is 31.1 Å². The highest BCUT2D eigenvalue weighted by atomic mass is 15.1. The van der Waals surface area contributed by atoms with E-state index in [4.69, 9.17) is 5.73 Å². The number of hydrogen-bond acceptors (Lipinski definition) is 2. The summed E-state index contributed by atoms with van der Waals surface area (Å²) in [7, 11) is 0. The average molecular weight is 262 g/mol. The number of benzene rings is 1. The van der Waals surface area contributed by atoms with E-state index in [0.29, 0.717) is 5.92 Å². The zero-order valence-electron chi connectivity index (χ0n) is 13.1. The van der Waals surface area contributed by atoms with Crippen molar-refractivity contribution in [3.8, 4) is 0 Å². The molecule has 0 bridgehead atoms.